The van der Waals surface area contributed by atoms with E-state index < -0.39 is 10.0 Å². The Morgan fingerprint density at radius 1 is 1.00 bits per heavy atom. The fourth-order valence-electron chi connectivity index (χ4n) is 2.80. The monoisotopic (exact) mass is 347 g/mol. The highest BCUT2D eigenvalue weighted by atomic mass is 32.2. The first kappa shape index (κ1) is 18.5. The van der Waals surface area contributed by atoms with Crippen molar-refractivity contribution in [1.29, 1.82) is 0 Å². The number of benzene rings is 2. The van der Waals surface area contributed by atoms with Gasteiger partial charge in [-0.3, -0.25) is 0 Å². The third-order valence-corrected chi connectivity index (χ3v) is 5.34. The predicted octanol–water partition coefficient (Wildman–Crippen LogP) is 3.88. The third kappa shape index (κ3) is 4.58. The van der Waals surface area contributed by atoms with Gasteiger partial charge in [-0.15, -0.1) is 0 Å². The molecule has 0 atom stereocenters. The van der Waals surface area contributed by atoms with Crippen molar-refractivity contribution < 1.29 is 13.2 Å². The first-order chi connectivity index (χ1) is 11.2. The van der Waals surface area contributed by atoms with Gasteiger partial charge in [0.15, 0.2) is 0 Å². The van der Waals surface area contributed by atoms with Crippen molar-refractivity contribution in [2.75, 3.05) is 0 Å². The lowest BCUT2D eigenvalue weighted by atomic mass is 10.1. The van der Waals surface area contributed by atoms with Crippen LogP contribution in [0.1, 0.15) is 36.1 Å². The van der Waals surface area contributed by atoms with Crippen molar-refractivity contribution in [1.82, 2.24) is 4.72 Å². The van der Waals surface area contributed by atoms with Gasteiger partial charge in [-0.25, -0.2) is 13.1 Å². The summed E-state index contributed by atoms with van der Waals surface area (Å²) in [7, 11) is -3.55. The van der Waals surface area contributed by atoms with E-state index in [9.17, 15) is 8.42 Å². The zero-order chi connectivity index (χ0) is 17.9. The molecule has 0 aliphatic rings. The van der Waals surface area contributed by atoms with Crippen molar-refractivity contribution in [2.24, 2.45) is 0 Å². The largest absolute Gasteiger partial charge is 0.491 e. The molecule has 0 saturated carbocycles. The van der Waals surface area contributed by atoms with Crippen molar-refractivity contribution in [2.45, 2.75) is 52.2 Å². The number of hydrogen-bond acceptors (Lipinski definition) is 3. The topological polar surface area (TPSA) is 55.4 Å². The van der Waals surface area contributed by atoms with Crippen LogP contribution in [0.25, 0.3) is 0 Å². The van der Waals surface area contributed by atoms with E-state index in [0.717, 1.165) is 28.0 Å². The molecule has 0 radical (unpaired) electrons. The molecule has 24 heavy (non-hydrogen) atoms. The normalized spacial score (nSPS) is 11.8. The van der Waals surface area contributed by atoms with E-state index in [1.165, 1.54) is 0 Å². The molecule has 1 N–H and O–H groups in total. The van der Waals surface area contributed by atoms with E-state index in [4.69, 9.17) is 4.74 Å². The van der Waals surface area contributed by atoms with E-state index in [-0.39, 0.29) is 12.6 Å². The first-order valence-corrected chi connectivity index (χ1v) is 9.50. The van der Waals surface area contributed by atoms with Crippen molar-refractivity contribution in [3.8, 4) is 5.75 Å². The summed E-state index contributed by atoms with van der Waals surface area (Å²) < 4.78 is 33.5. The molecule has 0 saturated heterocycles. The maximum Gasteiger partial charge on any atom is 0.241 e. The summed E-state index contributed by atoms with van der Waals surface area (Å²) in [5.41, 5.74) is 3.48. The van der Waals surface area contributed by atoms with E-state index >= 15 is 0 Å². The second-order valence-corrected chi connectivity index (χ2v) is 8.07. The maximum atomic E-state index is 12.6. The highest BCUT2D eigenvalue weighted by Crippen LogP contribution is 2.22. The highest BCUT2D eigenvalue weighted by molar-refractivity contribution is 7.89. The Bertz CT molecular complexity index is 786. The van der Waals surface area contributed by atoms with Crippen molar-refractivity contribution >= 4 is 10.0 Å². The molecule has 0 unspecified atom stereocenters. The van der Waals surface area contributed by atoms with Crippen molar-refractivity contribution in [3.05, 3.63) is 58.7 Å². The zero-order valence-electron chi connectivity index (χ0n) is 14.9. The van der Waals surface area contributed by atoms with E-state index in [2.05, 4.69) is 4.72 Å². The Kier molecular flexibility index (Phi) is 5.67. The minimum absolute atomic E-state index is 0.113. The molecule has 2 aromatic carbocycles. The van der Waals surface area contributed by atoms with Gasteiger partial charge < -0.3 is 4.74 Å². The van der Waals surface area contributed by atoms with Gasteiger partial charge in [0.05, 0.1) is 11.0 Å². The number of ether oxygens (including phenoxy) is 1. The van der Waals surface area contributed by atoms with Crippen LogP contribution < -0.4 is 9.46 Å². The Labute approximate surface area is 144 Å². The molecular weight excluding hydrogens is 322 g/mol. The molecule has 0 aromatic heterocycles. The predicted molar refractivity (Wildman–Crippen MR) is 96.9 cm³/mol. The van der Waals surface area contributed by atoms with Crippen LogP contribution in [0.3, 0.4) is 0 Å². The number of aryl methyl sites for hydroxylation is 3. The Balaban J connectivity index is 2.13. The quantitative estimate of drug-likeness (QED) is 0.863. The van der Waals surface area contributed by atoms with Crippen LogP contribution >= 0.6 is 0 Å². The molecular formula is C19H25NO3S. The van der Waals surface area contributed by atoms with Crippen LogP contribution in [0, 0.1) is 20.8 Å². The smallest absolute Gasteiger partial charge is 0.241 e. The van der Waals surface area contributed by atoms with E-state index in [0.29, 0.717) is 4.90 Å². The van der Waals surface area contributed by atoms with Gasteiger partial charge in [0.25, 0.3) is 0 Å². The Morgan fingerprint density at radius 3 is 2.04 bits per heavy atom. The molecule has 0 fully saturated rings. The van der Waals surface area contributed by atoms with E-state index in [1.54, 1.807) is 0 Å². The van der Waals surface area contributed by atoms with Gasteiger partial charge in [-0.2, -0.15) is 0 Å². The molecule has 5 heteroatoms. The Hall–Kier alpha value is -1.85. The van der Waals surface area contributed by atoms with Crippen LogP contribution in [-0.4, -0.2) is 14.5 Å². The fraction of sp³-hybridized carbons (Fsp3) is 0.368. The minimum Gasteiger partial charge on any atom is -0.491 e. The van der Waals surface area contributed by atoms with Gasteiger partial charge in [0.1, 0.15) is 5.75 Å². The number of sulfonamides is 1. The molecule has 2 rings (SSSR count). The van der Waals surface area contributed by atoms with Gasteiger partial charge in [-0.05, 0) is 63.4 Å². The summed E-state index contributed by atoms with van der Waals surface area (Å²) >= 11 is 0. The summed E-state index contributed by atoms with van der Waals surface area (Å²) in [5, 5.41) is 0. The average Bonchev–Trinajstić information content (AvgIpc) is 2.44. The number of nitrogens with one attached hydrogen (secondary N) is 1. The first-order valence-electron chi connectivity index (χ1n) is 8.02. The lowest BCUT2D eigenvalue weighted by Gasteiger charge is -2.14. The molecule has 130 valence electrons. The lowest BCUT2D eigenvalue weighted by molar-refractivity contribution is 0.242. The zero-order valence-corrected chi connectivity index (χ0v) is 15.7. The molecule has 0 aliphatic carbocycles. The fourth-order valence-corrected chi connectivity index (χ4v) is 4.27. The second kappa shape index (κ2) is 7.36. The van der Waals surface area contributed by atoms with Crippen LogP contribution in [-0.2, 0) is 16.6 Å². The molecule has 0 spiro atoms. The van der Waals surface area contributed by atoms with Crippen LogP contribution in [0.15, 0.2) is 41.3 Å². The molecule has 0 bridgehead atoms. The standard InChI is InChI=1S/C19H25NO3S/c1-13(2)23-18-8-6-17(7-9-18)12-20-24(21,22)19-15(4)10-14(3)11-16(19)5/h6-11,13,20H,12H2,1-5H3. The average molecular weight is 347 g/mol. The van der Waals surface area contributed by atoms with Crippen LogP contribution in [0.4, 0.5) is 0 Å². The summed E-state index contributed by atoms with van der Waals surface area (Å²) in [6.45, 7) is 9.80. The third-order valence-electron chi connectivity index (χ3n) is 3.63. The summed E-state index contributed by atoms with van der Waals surface area (Å²) in [4.78, 5) is 0.368. The van der Waals surface area contributed by atoms with Gasteiger partial charge >= 0.3 is 0 Å². The van der Waals surface area contributed by atoms with E-state index in [1.807, 2.05) is 71.0 Å². The summed E-state index contributed by atoms with van der Waals surface area (Å²) in [6, 6.07) is 11.2. The van der Waals surface area contributed by atoms with Gasteiger partial charge in [0, 0.05) is 6.54 Å². The highest BCUT2D eigenvalue weighted by Gasteiger charge is 2.19. The molecule has 0 aliphatic heterocycles. The summed E-state index contributed by atoms with van der Waals surface area (Å²) in [6.07, 6.45) is 0.113. The lowest BCUT2D eigenvalue weighted by Crippen LogP contribution is -2.25. The molecule has 0 amide bonds. The van der Waals surface area contributed by atoms with Gasteiger partial charge in [0.2, 0.25) is 10.0 Å². The SMILES string of the molecule is Cc1cc(C)c(S(=O)(=O)NCc2ccc(OC(C)C)cc2)c(C)c1. The number of hydrogen-bond donors (Lipinski definition) is 1. The Morgan fingerprint density at radius 2 is 1.54 bits per heavy atom. The number of rotatable bonds is 6. The molecule has 2 aromatic rings. The summed E-state index contributed by atoms with van der Waals surface area (Å²) in [5.74, 6) is 0.779. The second-order valence-electron chi connectivity index (χ2n) is 6.36. The minimum atomic E-state index is -3.55. The molecule has 4 nitrogen and oxygen atoms in total. The molecule has 0 heterocycles. The van der Waals surface area contributed by atoms with Crippen LogP contribution in [0.5, 0.6) is 5.75 Å². The maximum absolute atomic E-state index is 12.6. The van der Waals surface area contributed by atoms with Gasteiger partial charge in [-0.1, -0.05) is 29.8 Å². The van der Waals surface area contributed by atoms with Crippen molar-refractivity contribution in [3.63, 3.8) is 0 Å². The van der Waals surface area contributed by atoms with Crippen LogP contribution in [0.2, 0.25) is 0 Å².